The van der Waals surface area contributed by atoms with Gasteiger partial charge < -0.3 is 14.2 Å². The maximum atomic E-state index is 12.9. The molecule has 0 fully saturated rings. The van der Waals surface area contributed by atoms with E-state index in [0.717, 1.165) is 69.6 Å². The number of hydrogen-bond donors (Lipinski definition) is 0. The van der Waals surface area contributed by atoms with Crippen molar-refractivity contribution in [1.29, 1.82) is 0 Å². The molecule has 0 N–H and O–H groups in total. The van der Waals surface area contributed by atoms with Gasteiger partial charge in [-0.2, -0.15) is 0 Å². The number of carbonyl (C=O) groups excluding carboxylic acids is 3. The predicted octanol–water partition coefficient (Wildman–Crippen LogP) is 19.7. The second-order valence-electron chi connectivity index (χ2n) is 21.6. The van der Waals surface area contributed by atoms with E-state index in [1.807, 2.05) is 0 Å². The minimum absolute atomic E-state index is 0.0624. The van der Waals surface area contributed by atoms with Crippen LogP contribution in [0.15, 0.2) is 0 Å². The van der Waals surface area contributed by atoms with Gasteiger partial charge in [0.25, 0.3) is 0 Å². The number of unbranched alkanes of at least 4 members (excludes halogenated alkanes) is 39. The molecule has 1 atom stereocenters. The zero-order valence-corrected chi connectivity index (χ0v) is 45.3. The molecular weight excluding hydrogens is 817 g/mol. The first-order valence-electron chi connectivity index (χ1n) is 29.7. The van der Waals surface area contributed by atoms with E-state index in [1.54, 1.807) is 0 Å². The second kappa shape index (κ2) is 52.8. The quantitative estimate of drug-likeness (QED) is 0.0343. The van der Waals surface area contributed by atoms with Crippen molar-refractivity contribution < 1.29 is 28.6 Å². The van der Waals surface area contributed by atoms with Crippen molar-refractivity contribution in [1.82, 2.24) is 0 Å². The Hall–Kier alpha value is -1.59. The standard InChI is InChI=1S/C60H116O6/c1-6-7-8-9-10-11-12-13-14-17-20-25-30-35-40-45-50-58(61)64-53-57(54-65-59(62)51-46-41-36-31-27-22-24-29-34-39-44-49-56(4)5)66-60(63)52-47-42-37-32-26-21-18-15-16-19-23-28-33-38-43-48-55(2)3/h55-57H,6-54H2,1-5H3/t57-/m0/s1. The Kier molecular flexibility index (Phi) is 51.5. The maximum Gasteiger partial charge on any atom is 0.306 e. The molecule has 0 bridgehead atoms. The van der Waals surface area contributed by atoms with E-state index in [2.05, 4.69) is 34.6 Å². The molecule has 392 valence electrons. The highest BCUT2D eigenvalue weighted by molar-refractivity contribution is 5.71. The Bertz CT molecular complexity index is 1010. The van der Waals surface area contributed by atoms with Gasteiger partial charge in [-0.3, -0.25) is 14.4 Å². The number of ether oxygens (including phenoxy) is 3. The summed E-state index contributed by atoms with van der Waals surface area (Å²) in [5.74, 6) is 0.838. The van der Waals surface area contributed by atoms with Gasteiger partial charge in [0, 0.05) is 19.3 Å². The zero-order valence-electron chi connectivity index (χ0n) is 45.3. The topological polar surface area (TPSA) is 78.9 Å². The van der Waals surface area contributed by atoms with E-state index >= 15 is 0 Å². The van der Waals surface area contributed by atoms with Gasteiger partial charge in [-0.15, -0.1) is 0 Å². The molecule has 0 saturated heterocycles. The molecule has 6 nitrogen and oxygen atoms in total. The molecule has 0 aliphatic carbocycles. The largest absolute Gasteiger partial charge is 0.462 e. The minimum Gasteiger partial charge on any atom is -0.462 e. The summed E-state index contributed by atoms with van der Waals surface area (Å²) >= 11 is 0. The van der Waals surface area contributed by atoms with E-state index in [1.165, 1.54) is 225 Å². The summed E-state index contributed by atoms with van der Waals surface area (Å²) in [5, 5.41) is 0. The molecule has 0 aliphatic heterocycles. The third kappa shape index (κ3) is 53.4. The van der Waals surface area contributed by atoms with Crippen molar-refractivity contribution in [2.45, 2.75) is 343 Å². The summed E-state index contributed by atoms with van der Waals surface area (Å²) in [6.45, 7) is 11.4. The number of esters is 3. The Labute approximate surface area is 412 Å². The Morgan fingerprint density at radius 3 is 0.742 bits per heavy atom. The lowest BCUT2D eigenvalue weighted by molar-refractivity contribution is -0.167. The fourth-order valence-electron chi connectivity index (χ4n) is 9.23. The normalized spacial score (nSPS) is 12.0. The van der Waals surface area contributed by atoms with Crippen molar-refractivity contribution in [3.8, 4) is 0 Å². The third-order valence-corrected chi connectivity index (χ3v) is 13.7. The van der Waals surface area contributed by atoms with Gasteiger partial charge in [0.1, 0.15) is 13.2 Å². The third-order valence-electron chi connectivity index (χ3n) is 13.7. The summed E-state index contributed by atoms with van der Waals surface area (Å²) in [6, 6.07) is 0. The SMILES string of the molecule is CCCCCCCCCCCCCCCCCCC(=O)OC[C@@H](COC(=O)CCCCCCCCCCCCCC(C)C)OC(=O)CCCCCCCCCCCCCCCCCC(C)C. The summed E-state index contributed by atoms with van der Waals surface area (Å²) in [6.07, 6.45) is 56.6. The van der Waals surface area contributed by atoms with Crippen molar-refractivity contribution in [2.75, 3.05) is 13.2 Å². The van der Waals surface area contributed by atoms with Crippen LogP contribution in [-0.4, -0.2) is 37.2 Å². The molecule has 0 aromatic rings. The van der Waals surface area contributed by atoms with Gasteiger partial charge in [0.05, 0.1) is 0 Å². The molecule has 66 heavy (non-hydrogen) atoms. The molecule has 0 amide bonds. The van der Waals surface area contributed by atoms with Crippen LogP contribution < -0.4 is 0 Å². The lowest BCUT2D eigenvalue weighted by Crippen LogP contribution is -2.30. The monoisotopic (exact) mass is 933 g/mol. The molecular formula is C60H116O6. The van der Waals surface area contributed by atoms with E-state index < -0.39 is 6.10 Å². The lowest BCUT2D eigenvalue weighted by atomic mass is 10.0. The van der Waals surface area contributed by atoms with E-state index in [-0.39, 0.29) is 31.1 Å². The molecule has 0 heterocycles. The van der Waals surface area contributed by atoms with Gasteiger partial charge in [0.2, 0.25) is 0 Å². The molecule has 0 radical (unpaired) electrons. The first-order valence-corrected chi connectivity index (χ1v) is 29.7. The van der Waals surface area contributed by atoms with Crippen LogP contribution in [0.5, 0.6) is 0 Å². The molecule has 0 aromatic carbocycles. The van der Waals surface area contributed by atoms with Crippen LogP contribution in [0.4, 0.5) is 0 Å². The van der Waals surface area contributed by atoms with E-state index in [0.29, 0.717) is 19.3 Å². The Morgan fingerprint density at radius 1 is 0.288 bits per heavy atom. The van der Waals surface area contributed by atoms with Crippen LogP contribution in [0.1, 0.15) is 336 Å². The molecule has 0 unspecified atom stereocenters. The van der Waals surface area contributed by atoms with Crippen molar-refractivity contribution in [2.24, 2.45) is 11.8 Å². The zero-order chi connectivity index (χ0) is 48.2. The van der Waals surface area contributed by atoms with Crippen LogP contribution in [-0.2, 0) is 28.6 Å². The lowest BCUT2D eigenvalue weighted by Gasteiger charge is -2.18. The van der Waals surface area contributed by atoms with Crippen LogP contribution in [0.3, 0.4) is 0 Å². The molecule has 0 aromatic heterocycles. The highest BCUT2D eigenvalue weighted by Gasteiger charge is 2.19. The van der Waals surface area contributed by atoms with Crippen LogP contribution >= 0.6 is 0 Å². The van der Waals surface area contributed by atoms with Crippen molar-refractivity contribution in [3.63, 3.8) is 0 Å². The first kappa shape index (κ1) is 64.4. The van der Waals surface area contributed by atoms with Crippen molar-refractivity contribution in [3.05, 3.63) is 0 Å². The highest BCUT2D eigenvalue weighted by Crippen LogP contribution is 2.18. The maximum absolute atomic E-state index is 12.9. The molecule has 0 spiro atoms. The predicted molar refractivity (Wildman–Crippen MR) is 284 cm³/mol. The highest BCUT2D eigenvalue weighted by atomic mass is 16.6. The van der Waals surface area contributed by atoms with Crippen LogP contribution in [0.25, 0.3) is 0 Å². The number of hydrogen-bond acceptors (Lipinski definition) is 6. The Balaban J connectivity index is 4.30. The van der Waals surface area contributed by atoms with Gasteiger partial charge >= 0.3 is 17.9 Å². The van der Waals surface area contributed by atoms with Gasteiger partial charge in [-0.25, -0.2) is 0 Å². The fraction of sp³-hybridized carbons (Fsp3) is 0.950. The summed E-state index contributed by atoms with van der Waals surface area (Å²) < 4.78 is 16.9. The average molecular weight is 934 g/mol. The summed E-state index contributed by atoms with van der Waals surface area (Å²) in [7, 11) is 0. The van der Waals surface area contributed by atoms with Crippen molar-refractivity contribution >= 4 is 17.9 Å². The molecule has 0 rings (SSSR count). The summed E-state index contributed by atoms with van der Waals surface area (Å²) in [5.41, 5.74) is 0. The van der Waals surface area contributed by atoms with Crippen LogP contribution in [0, 0.1) is 11.8 Å². The van der Waals surface area contributed by atoms with Crippen LogP contribution in [0.2, 0.25) is 0 Å². The number of carbonyl (C=O) groups is 3. The molecule has 6 heteroatoms. The molecule has 0 saturated carbocycles. The first-order chi connectivity index (χ1) is 32.2. The van der Waals surface area contributed by atoms with Gasteiger partial charge in [-0.1, -0.05) is 298 Å². The average Bonchev–Trinajstić information content (AvgIpc) is 3.29. The van der Waals surface area contributed by atoms with Gasteiger partial charge in [0.15, 0.2) is 6.10 Å². The Morgan fingerprint density at radius 2 is 0.500 bits per heavy atom. The smallest absolute Gasteiger partial charge is 0.306 e. The molecule has 0 aliphatic rings. The minimum atomic E-state index is -0.763. The van der Waals surface area contributed by atoms with E-state index in [4.69, 9.17) is 14.2 Å². The number of rotatable bonds is 54. The second-order valence-corrected chi connectivity index (χ2v) is 21.6. The summed E-state index contributed by atoms with van der Waals surface area (Å²) in [4.78, 5) is 38.2. The van der Waals surface area contributed by atoms with E-state index in [9.17, 15) is 14.4 Å². The van der Waals surface area contributed by atoms with Gasteiger partial charge in [-0.05, 0) is 31.1 Å². The fourth-order valence-corrected chi connectivity index (χ4v) is 9.23.